The molecule has 1 aromatic rings. The van der Waals surface area contributed by atoms with E-state index < -0.39 is 0 Å². The van der Waals surface area contributed by atoms with Crippen molar-refractivity contribution in [1.82, 2.24) is 0 Å². The third-order valence-corrected chi connectivity index (χ3v) is 3.21. The predicted octanol–water partition coefficient (Wildman–Crippen LogP) is 1.93. The first kappa shape index (κ1) is 11.2. The van der Waals surface area contributed by atoms with Gasteiger partial charge in [0.15, 0.2) is 0 Å². The lowest BCUT2D eigenvalue weighted by Gasteiger charge is -2.21. The summed E-state index contributed by atoms with van der Waals surface area (Å²) in [6, 6.07) is 10.5. The molecule has 0 radical (unpaired) electrons. The van der Waals surface area contributed by atoms with Crippen molar-refractivity contribution in [3.63, 3.8) is 0 Å². The molecule has 1 N–H and O–H groups in total. The summed E-state index contributed by atoms with van der Waals surface area (Å²) in [5.74, 6) is 0. The Labute approximate surface area is 98.1 Å². The summed E-state index contributed by atoms with van der Waals surface area (Å²) in [6.07, 6.45) is 5.72. The van der Waals surface area contributed by atoms with Crippen LogP contribution in [0.2, 0.25) is 0 Å². The highest BCUT2D eigenvalue weighted by Crippen LogP contribution is 2.13. The molecule has 84 valence electrons. The number of hydrogen-bond donors (Lipinski definition) is 1. The SMILES string of the molecule is CC1=C(/C=C\c2ccccc2)CC[NH+](C)C1. The minimum Gasteiger partial charge on any atom is -0.334 e. The minimum atomic E-state index is 1.19. The molecule has 0 fully saturated rings. The number of nitrogens with one attached hydrogen (secondary N) is 1. The van der Waals surface area contributed by atoms with Gasteiger partial charge in [0.25, 0.3) is 0 Å². The van der Waals surface area contributed by atoms with Gasteiger partial charge < -0.3 is 4.90 Å². The topological polar surface area (TPSA) is 4.44 Å². The third kappa shape index (κ3) is 2.83. The highest BCUT2D eigenvalue weighted by molar-refractivity contribution is 5.53. The van der Waals surface area contributed by atoms with Gasteiger partial charge in [0.05, 0.1) is 20.1 Å². The summed E-state index contributed by atoms with van der Waals surface area (Å²) in [4.78, 5) is 1.62. The molecule has 1 aliphatic heterocycles. The fourth-order valence-corrected chi connectivity index (χ4v) is 2.20. The zero-order valence-electron chi connectivity index (χ0n) is 10.2. The summed E-state index contributed by atoms with van der Waals surface area (Å²) >= 11 is 0. The fourth-order valence-electron chi connectivity index (χ4n) is 2.20. The summed E-state index contributed by atoms with van der Waals surface area (Å²) in [6.45, 7) is 4.70. The highest BCUT2D eigenvalue weighted by Gasteiger charge is 2.13. The van der Waals surface area contributed by atoms with Crippen LogP contribution in [-0.2, 0) is 0 Å². The van der Waals surface area contributed by atoms with Gasteiger partial charge in [-0.15, -0.1) is 0 Å². The minimum absolute atomic E-state index is 1.19. The molecule has 1 heterocycles. The lowest BCUT2D eigenvalue weighted by molar-refractivity contribution is -0.876. The van der Waals surface area contributed by atoms with Crippen LogP contribution in [0.25, 0.3) is 6.08 Å². The second-order valence-electron chi connectivity index (χ2n) is 4.68. The van der Waals surface area contributed by atoms with Crippen molar-refractivity contribution in [3.05, 3.63) is 53.1 Å². The van der Waals surface area contributed by atoms with Crippen LogP contribution in [0.3, 0.4) is 0 Å². The molecule has 1 unspecified atom stereocenters. The Morgan fingerprint density at radius 2 is 1.88 bits per heavy atom. The van der Waals surface area contributed by atoms with Crippen LogP contribution in [0.15, 0.2) is 47.6 Å². The second-order valence-corrected chi connectivity index (χ2v) is 4.68. The smallest absolute Gasteiger partial charge is 0.0988 e. The van der Waals surface area contributed by atoms with Crippen molar-refractivity contribution >= 4 is 6.08 Å². The quantitative estimate of drug-likeness (QED) is 0.767. The summed E-state index contributed by atoms with van der Waals surface area (Å²) in [7, 11) is 2.27. The molecule has 0 spiro atoms. The molecule has 1 aromatic carbocycles. The van der Waals surface area contributed by atoms with Gasteiger partial charge in [-0.05, 0) is 23.6 Å². The molecular weight excluding hydrogens is 194 g/mol. The van der Waals surface area contributed by atoms with Crippen LogP contribution in [0, 0.1) is 0 Å². The number of allylic oxidation sites excluding steroid dienone is 1. The van der Waals surface area contributed by atoms with Gasteiger partial charge in [-0.1, -0.05) is 42.5 Å². The molecule has 0 saturated heterocycles. The summed E-state index contributed by atoms with van der Waals surface area (Å²) in [5, 5.41) is 0. The number of benzene rings is 1. The van der Waals surface area contributed by atoms with Crippen molar-refractivity contribution in [2.24, 2.45) is 0 Å². The van der Waals surface area contributed by atoms with E-state index in [1.807, 2.05) is 0 Å². The molecular formula is C15H20N+. The van der Waals surface area contributed by atoms with E-state index in [0.717, 1.165) is 0 Å². The Kier molecular flexibility index (Phi) is 3.58. The first-order valence-electron chi connectivity index (χ1n) is 5.99. The van der Waals surface area contributed by atoms with E-state index in [9.17, 15) is 0 Å². The first-order chi connectivity index (χ1) is 7.75. The molecule has 1 aliphatic rings. The van der Waals surface area contributed by atoms with Crippen LogP contribution in [-0.4, -0.2) is 20.1 Å². The average molecular weight is 214 g/mol. The second kappa shape index (κ2) is 5.13. The molecule has 16 heavy (non-hydrogen) atoms. The average Bonchev–Trinajstić information content (AvgIpc) is 2.29. The van der Waals surface area contributed by atoms with E-state index in [1.165, 1.54) is 36.2 Å². The van der Waals surface area contributed by atoms with E-state index in [-0.39, 0.29) is 0 Å². The largest absolute Gasteiger partial charge is 0.334 e. The number of rotatable bonds is 2. The van der Waals surface area contributed by atoms with Crippen LogP contribution < -0.4 is 4.90 Å². The first-order valence-corrected chi connectivity index (χ1v) is 5.99. The lowest BCUT2D eigenvalue weighted by atomic mass is 10.0. The van der Waals surface area contributed by atoms with Crippen LogP contribution in [0.4, 0.5) is 0 Å². The molecule has 1 nitrogen and oxygen atoms in total. The maximum absolute atomic E-state index is 2.29. The van der Waals surface area contributed by atoms with E-state index in [2.05, 4.69) is 56.5 Å². The Balaban J connectivity index is 2.10. The predicted molar refractivity (Wildman–Crippen MR) is 69.4 cm³/mol. The molecule has 2 rings (SSSR count). The van der Waals surface area contributed by atoms with Crippen molar-refractivity contribution in [1.29, 1.82) is 0 Å². The molecule has 0 bridgehead atoms. The van der Waals surface area contributed by atoms with Gasteiger partial charge in [0, 0.05) is 6.42 Å². The molecule has 1 heteroatoms. The Hall–Kier alpha value is -1.34. The van der Waals surface area contributed by atoms with Crippen molar-refractivity contribution in [2.75, 3.05) is 20.1 Å². The van der Waals surface area contributed by atoms with Gasteiger partial charge in [-0.2, -0.15) is 0 Å². The zero-order valence-corrected chi connectivity index (χ0v) is 10.2. The number of quaternary nitrogens is 1. The molecule has 0 saturated carbocycles. The molecule has 1 atom stereocenters. The van der Waals surface area contributed by atoms with Crippen molar-refractivity contribution in [2.45, 2.75) is 13.3 Å². The monoisotopic (exact) mass is 214 g/mol. The lowest BCUT2D eigenvalue weighted by Crippen LogP contribution is -3.09. The third-order valence-electron chi connectivity index (χ3n) is 3.21. The molecule has 0 amide bonds. The van der Waals surface area contributed by atoms with Gasteiger partial charge in [-0.3, -0.25) is 0 Å². The number of hydrogen-bond acceptors (Lipinski definition) is 0. The van der Waals surface area contributed by atoms with Gasteiger partial charge in [-0.25, -0.2) is 0 Å². The Morgan fingerprint density at radius 3 is 2.56 bits per heavy atom. The Bertz CT molecular complexity index is 401. The number of likely N-dealkylation sites (N-methyl/N-ethyl adjacent to an activating group) is 1. The standard InChI is InChI=1S/C15H19N/c1-13-12-16(2)11-10-15(13)9-8-14-6-4-3-5-7-14/h3-9H,10-12H2,1-2H3/p+1/b9-8-. The summed E-state index contributed by atoms with van der Waals surface area (Å²) < 4.78 is 0. The maximum atomic E-state index is 2.29. The van der Waals surface area contributed by atoms with Crippen LogP contribution in [0.5, 0.6) is 0 Å². The zero-order chi connectivity index (χ0) is 11.4. The van der Waals surface area contributed by atoms with E-state index in [1.54, 1.807) is 4.90 Å². The normalized spacial score (nSPS) is 21.8. The van der Waals surface area contributed by atoms with Crippen molar-refractivity contribution < 1.29 is 4.90 Å². The molecule has 0 aromatic heterocycles. The van der Waals surface area contributed by atoms with E-state index in [4.69, 9.17) is 0 Å². The highest BCUT2D eigenvalue weighted by atomic mass is 15.1. The fraction of sp³-hybridized carbons (Fsp3) is 0.333. The molecule has 0 aliphatic carbocycles. The van der Waals surface area contributed by atoms with Crippen LogP contribution >= 0.6 is 0 Å². The van der Waals surface area contributed by atoms with Gasteiger partial charge in [0.2, 0.25) is 0 Å². The summed E-state index contributed by atoms with van der Waals surface area (Å²) in [5.41, 5.74) is 4.35. The van der Waals surface area contributed by atoms with E-state index >= 15 is 0 Å². The van der Waals surface area contributed by atoms with E-state index in [0.29, 0.717) is 0 Å². The van der Waals surface area contributed by atoms with Gasteiger partial charge in [0.1, 0.15) is 0 Å². The maximum Gasteiger partial charge on any atom is 0.0988 e. The van der Waals surface area contributed by atoms with Gasteiger partial charge >= 0.3 is 0 Å². The van der Waals surface area contributed by atoms with Crippen molar-refractivity contribution in [3.8, 4) is 0 Å². The van der Waals surface area contributed by atoms with Crippen LogP contribution in [0.1, 0.15) is 18.9 Å². The Morgan fingerprint density at radius 1 is 1.12 bits per heavy atom.